The highest BCUT2D eigenvalue weighted by Crippen LogP contribution is 2.38. The van der Waals surface area contributed by atoms with E-state index in [1.54, 1.807) is 6.08 Å². The molecule has 138 valence electrons. The first-order chi connectivity index (χ1) is 12.6. The van der Waals surface area contributed by atoms with E-state index in [4.69, 9.17) is 5.73 Å². The number of carbonyl (C=O) groups is 2. The third kappa shape index (κ3) is 4.43. The van der Waals surface area contributed by atoms with E-state index >= 15 is 0 Å². The molecule has 0 aliphatic heterocycles. The second-order valence-corrected chi connectivity index (χ2v) is 8.96. The van der Waals surface area contributed by atoms with Gasteiger partial charge in [-0.15, -0.1) is 28.1 Å². The van der Waals surface area contributed by atoms with Crippen LogP contribution in [0.5, 0.6) is 0 Å². The van der Waals surface area contributed by atoms with Crippen molar-refractivity contribution in [3.05, 3.63) is 28.7 Å². The lowest BCUT2D eigenvalue weighted by Gasteiger charge is -2.11. The van der Waals surface area contributed by atoms with Crippen LogP contribution in [-0.2, 0) is 17.6 Å². The number of amides is 2. The van der Waals surface area contributed by atoms with Crippen molar-refractivity contribution in [3.8, 4) is 0 Å². The number of hydrogen-bond donors (Lipinski definition) is 3. The van der Waals surface area contributed by atoms with E-state index in [0.717, 1.165) is 36.1 Å². The minimum atomic E-state index is -0.477. The predicted molar refractivity (Wildman–Crippen MR) is 107 cm³/mol. The number of anilines is 2. The highest BCUT2D eigenvalue weighted by molar-refractivity contribution is 8.01. The number of thioether (sulfide) groups is 1. The van der Waals surface area contributed by atoms with E-state index in [2.05, 4.69) is 27.4 Å². The largest absolute Gasteiger partial charge is 0.365 e. The summed E-state index contributed by atoms with van der Waals surface area (Å²) in [5.74, 6) is -0.474. The van der Waals surface area contributed by atoms with Crippen molar-refractivity contribution in [2.45, 2.75) is 30.0 Å². The molecule has 10 heteroatoms. The van der Waals surface area contributed by atoms with Crippen LogP contribution in [0.1, 0.15) is 33.6 Å². The summed E-state index contributed by atoms with van der Waals surface area (Å²) in [6.45, 7) is 4.24. The Morgan fingerprint density at radius 2 is 2.08 bits per heavy atom. The number of thiophene rings is 1. The van der Waals surface area contributed by atoms with Crippen LogP contribution in [0.4, 0.5) is 10.1 Å². The van der Waals surface area contributed by atoms with Crippen molar-refractivity contribution in [1.82, 2.24) is 10.2 Å². The van der Waals surface area contributed by atoms with Crippen molar-refractivity contribution < 1.29 is 9.59 Å². The average molecular weight is 410 g/mol. The van der Waals surface area contributed by atoms with Crippen molar-refractivity contribution in [2.24, 2.45) is 5.73 Å². The minimum Gasteiger partial charge on any atom is -0.365 e. The Kier molecular flexibility index (Phi) is 6.28. The maximum atomic E-state index is 12.3. The molecule has 1 aliphatic carbocycles. The molecule has 0 spiro atoms. The molecule has 0 saturated heterocycles. The van der Waals surface area contributed by atoms with Crippen molar-refractivity contribution in [1.29, 1.82) is 0 Å². The van der Waals surface area contributed by atoms with Crippen LogP contribution >= 0.6 is 34.4 Å². The smallest absolute Gasteiger partial charge is 0.251 e. The summed E-state index contributed by atoms with van der Waals surface area (Å²) in [5.41, 5.74) is 7.04. The molecule has 0 atom stereocenters. The Hall–Kier alpha value is -1.91. The Labute approximate surface area is 163 Å². The van der Waals surface area contributed by atoms with Gasteiger partial charge < -0.3 is 16.4 Å². The van der Waals surface area contributed by atoms with Crippen LogP contribution in [0.2, 0.25) is 0 Å². The molecule has 0 bridgehead atoms. The summed E-state index contributed by atoms with van der Waals surface area (Å²) in [4.78, 5) is 25.3. The Morgan fingerprint density at radius 3 is 2.85 bits per heavy atom. The second-order valence-electron chi connectivity index (χ2n) is 5.66. The zero-order valence-electron chi connectivity index (χ0n) is 14.0. The predicted octanol–water partition coefficient (Wildman–Crippen LogP) is 2.91. The molecule has 2 heterocycles. The van der Waals surface area contributed by atoms with Crippen LogP contribution < -0.4 is 16.4 Å². The van der Waals surface area contributed by atoms with Crippen LogP contribution in [0, 0.1) is 0 Å². The first-order valence-corrected chi connectivity index (χ1v) is 10.8. The lowest BCUT2D eigenvalue weighted by Crippen LogP contribution is -2.19. The van der Waals surface area contributed by atoms with Gasteiger partial charge in [-0.3, -0.25) is 9.59 Å². The van der Waals surface area contributed by atoms with Gasteiger partial charge in [0.25, 0.3) is 5.91 Å². The fraction of sp³-hybridized carbons (Fsp3) is 0.375. The number of carbonyl (C=O) groups excluding carboxylic acids is 2. The van der Waals surface area contributed by atoms with Gasteiger partial charge in [0.05, 0.1) is 11.3 Å². The minimum absolute atomic E-state index is 0.188. The van der Waals surface area contributed by atoms with E-state index in [0.29, 0.717) is 26.6 Å². The van der Waals surface area contributed by atoms with Crippen LogP contribution in [-0.4, -0.2) is 34.3 Å². The molecule has 2 aromatic heterocycles. The lowest BCUT2D eigenvalue weighted by molar-refractivity contribution is -0.113. The quantitative estimate of drug-likeness (QED) is 0.457. The van der Waals surface area contributed by atoms with Crippen LogP contribution in [0.3, 0.4) is 0 Å². The summed E-state index contributed by atoms with van der Waals surface area (Å²) in [6, 6.07) is 0. The van der Waals surface area contributed by atoms with E-state index in [1.807, 2.05) is 0 Å². The highest BCUT2D eigenvalue weighted by atomic mass is 32.2. The molecular weight excluding hydrogens is 390 g/mol. The number of nitrogens with two attached hydrogens (primary N) is 1. The van der Waals surface area contributed by atoms with E-state index in [9.17, 15) is 9.59 Å². The SMILES string of the molecule is C=CCNc1nnc(SCC(=O)Nc2sc3c(c2C(N)=O)CCCC3)s1. The van der Waals surface area contributed by atoms with Gasteiger partial charge in [-0.2, -0.15) is 0 Å². The van der Waals surface area contributed by atoms with Crippen LogP contribution in [0.25, 0.3) is 0 Å². The molecule has 7 nitrogen and oxygen atoms in total. The molecule has 26 heavy (non-hydrogen) atoms. The van der Waals surface area contributed by atoms with Gasteiger partial charge in [0.1, 0.15) is 5.00 Å². The number of hydrogen-bond acceptors (Lipinski definition) is 8. The van der Waals surface area contributed by atoms with Crippen LogP contribution in [0.15, 0.2) is 17.0 Å². The third-order valence-corrected chi connectivity index (χ3v) is 7.02. The van der Waals surface area contributed by atoms with Gasteiger partial charge in [-0.1, -0.05) is 29.2 Å². The number of primary amides is 1. The van der Waals surface area contributed by atoms with Gasteiger partial charge in [0, 0.05) is 11.4 Å². The van der Waals surface area contributed by atoms with Crippen molar-refractivity contribution >= 4 is 56.4 Å². The molecule has 2 aromatic rings. The van der Waals surface area contributed by atoms with E-state index in [-0.39, 0.29) is 11.7 Å². The highest BCUT2D eigenvalue weighted by Gasteiger charge is 2.25. The monoisotopic (exact) mass is 409 g/mol. The van der Waals surface area contributed by atoms with Crippen molar-refractivity contribution in [2.75, 3.05) is 22.9 Å². The molecule has 3 rings (SSSR count). The molecule has 2 amide bonds. The first kappa shape index (κ1) is 18.9. The summed E-state index contributed by atoms with van der Waals surface area (Å²) in [6.07, 6.45) is 5.68. The number of aryl methyl sites for hydroxylation is 1. The second kappa shape index (κ2) is 8.65. The molecule has 0 saturated carbocycles. The van der Waals surface area contributed by atoms with Gasteiger partial charge in [-0.05, 0) is 31.2 Å². The Morgan fingerprint density at radius 1 is 1.27 bits per heavy atom. The molecule has 0 unspecified atom stereocenters. The fourth-order valence-electron chi connectivity index (χ4n) is 2.70. The van der Waals surface area contributed by atoms with Gasteiger partial charge >= 0.3 is 0 Å². The molecule has 0 fully saturated rings. The van der Waals surface area contributed by atoms with E-state index < -0.39 is 5.91 Å². The maximum absolute atomic E-state index is 12.3. The van der Waals surface area contributed by atoms with Crippen molar-refractivity contribution in [3.63, 3.8) is 0 Å². The first-order valence-electron chi connectivity index (χ1n) is 8.13. The number of nitrogens with zero attached hydrogens (tertiary/aromatic N) is 2. The summed E-state index contributed by atoms with van der Waals surface area (Å²) < 4.78 is 0.701. The standard InChI is InChI=1S/C16H19N5O2S3/c1-2-7-18-15-20-21-16(26-15)24-8-11(22)19-14-12(13(17)23)9-5-3-4-6-10(9)25-14/h2H,1,3-8H2,(H2,17,23)(H,18,20)(H,19,22). The summed E-state index contributed by atoms with van der Waals surface area (Å²) >= 11 is 4.15. The van der Waals surface area contributed by atoms with Gasteiger partial charge in [0.2, 0.25) is 11.0 Å². The van der Waals surface area contributed by atoms with Gasteiger partial charge in [-0.25, -0.2) is 0 Å². The normalized spacial score (nSPS) is 13.1. The van der Waals surface area contributed by atoms with E-state index in [1.165, 1.54) is 34.4 Å². The zero-order chi connectivity index (χ0) is 18.5. The average Bonchev–Trinajstić information content (AvgIpc) is 3.21. The molecule has 1 aliphatic rings. The Balaban J connectivity index is 1.61. The zero-order valence-corrected chi connectivity index (χ0v) is 16.5. The molecule has 0 radical (unpaired) electrons. The number of fused-ring (bicyclic) bond motifs is 1. The topological polar surface area (TPSA) is 110 Å². The molecular formula is C16H19N5O2S3. The number of aromatic nitrogens is 2. The molecule has 4 N–H and O–H groups in total. The maximum Gasteiger partial charge on any atom is 0.251 e. The number of rotatable bonds is 8. The molecule has 0 aromatic carbocycles. The fourth-order valence-corrected chi connectivity index (χ4v) is 5.57. The number of nitrogens with one attached hydrogen (secondary N) is 2. The summed E-state index contributed by atoms with van der Waals surface area (Å²) in [7, 11) is 0. The van der Waals surface area contributed by atoms with Gasteiger partial charge in [0.15, 0.2) is 4.34 Å². The Bertz CT molecular complexity index is 830. The third-order valence-electron chi connectivity index (χ3n) is 3.80. The summed E-state index contributed by atoms with van der Waals surface area (Å²) in [5, 5.41) is 15.2. The lowest BCUT2D eigenvalue weighted by atomic mass is 9.95.